The number of benzene rings is 1. The number of hydrogen-bond acceptors (Lipinski definition) is 3. The molecule has 1 aromatic carbocycles. The highest BCUT2D eigenvalue weighted by Crippen LogP contribution is 2.42. The highest BCUT2D eigenvalue weighted by atomic mass is 19.4. The number of piperidine rings is 1. The largest absolute Gasteiger partial charge is 0.389 e. The fourth-order valence-corrected chi connectivity index (χ4v) is 5.91. The predicted octanol–water partition coefficient (Wildman–Crippen LogP) is 5.51. The Morgan fingerprint density at radius 3 is 2.54 bits per heavy atom. The average Bonchev–Trinajstić information content (AvgIpc) is 2.83. The first kappa shape index (κ1) is 27.8. The Morgan fingerprint density at radius 1 is 1.14 bits per heavy atom. The molecule has 1 unspecified atom stereocenters. The summed E-state index contributed by atoms with van der Waals surface area (Å²) in [6.45, 7) is 3.33. The van der Waals surface area contributed by atoms with Crippen LogP contribution < -0.4 is 10.6 Å². The van der Waals surface area contributed by atoms with Crippen molar-refractivity contribution in [3.05, 3.63) is 35.4 Å². The lowest BCUT2D eigenvalue weighted by Gasteiger charge is -2.43. The third-order valence-electron chi connectivity index (χ3n) is 7.81. The molecular formula is C27H42F3N3O2. The van der Waals surface area contributed by atoms with Gasteiger partial charge in [-0.05, 0) is 51.1 Å². The van der Waals surface area contributed by atoms with E-state index in [2.05, 4.69) is 10.6 Å². The SMILES string of the molecule is CNC[C@H](CC1CCCCC1)NC(=O)N1CCC[C@@H](C(O)(CCC(F)(F)F)c2cccc(C)c2)C1. The van der Waals surface area contributed by atoms with Gasteiger partial charge >= 0.3 is 12.2 Å². The first-order chi connectivity index (χ1) is 16.6. The van der Waals surface area contributed by atoms with E-state index in [0.717, 1.165) is 12.0 Å². The van der Waals surface area contributed by atoms with E-state index in [1.54, 1.807) is 23.1 Å². The second-order valence-corrected chi connectivity index (χ2v) is 10.6. The first-order valence-electron chi connectivity index (χ1n) is 13.2. The maximum absolute atomic E-state index is 13.2. The Morgan fingerprint density at radius 2 is 1.89 bits per heavy atom. The van der Waals surface area contributed by atoms with E-state index < -0.39 is 30.5 Å². The molecule has 198 valence electrons. The summed E-state index contributed by atoms with van der Waals surface area (Å²) in [6, 6.07) is 6.93. The summed E-state index contributed by atoms with van der Waals surface area (Å²) in [6.07, 6.45) is 2.50. The van der Waals surface area contributed by atoms with Gasteiger partial charge in [-0.2, -0.15) is 13.2 Å². The maximum Gasteiger partial charge on any atom is 0.389 e. The topological polar surface area (TPSA) is 64.6 Å². The zero-order valence-corrected chi connectivity index (χ0v) is 21.2. The lowest BCUT2D eigenvalue weighted by atomic mass is 9.74. The number of nitrogens with zero attached hydrogens (tertiary/aromatic N) is 1. The average molecular weight is 498 g/mol. The third-order valence-corrected chi connectivity index (χ3v) is 7.81. The number of likely N-dealkylation sites (N-methyl/N-ethyl adjacent to an activating group) is 1. The summed E-state index contributed by atoms with van der Waals surface area (Å²) in [5.41, 5.74) is -0.261. The zero-order chi connectivity index (χ0) is 25.5. The van der Waals surface area contributed by atoms with Crippen LogP contribution >= 0.6 is 0 Å². The van der Waals surface area contributed by atoms with Gasteiger partial charge in [0.15, 0.2) is 0 Å². The van der Waals surface area contributed by atoms with Crippen LogP contribution in [0.3, 0.4) is 0 Å². The summed E-state index contributed by atoms with van der Waals surface area (Å²) < 4.78 is 39.5. The van der Waals surface area contributed by atoms with Gasteiger partial charge in [-0.3, -0.25) is 0 Å². The first-order valence-corrected chi connectivity index (χ1v) is 13.2. The molecule has 0 radical (unpaired) electrons. The van der Waals surface area contributed by atoms with E-state index in [1.807, 2.05) is 20.0 Å². The molecule has 1 saturated heterocycles. The number of aliphatic hydroxyl groups is 1. The molecule has 5 nitrogen and oxygen atoms in total. The standard InChI is InChI=1S/C27H42F3N3O2/c1-20-8-6-11-22(16-20)26(35,13-14-27(28,29)30)23-12-7-15-33(19-23)25(34)32-24(18-31-2)17-21-9-4-3-5-10-21/h6,8,11,16,21,23-24,31,35H,3-5,7,9-10,12-15,17-19H2,1-2H3,(H,32,34)/t23-,24+,26?/m1/s1. The Balaban J connectivity index is 1.71. The maximum atomic E-state index is 13.2. The number of urea groups is 1. The van der Waals surface area contributed by atoms with Gasteiger partial charge in [-0.25, -0.2) is 4.79 Å². The second-order valence-electron chi connectivity index (χ2n) is 10.6. The molecule has 8 heteroatoms. The normalized spacial score (nSPS) is 22.5. The Labute approximate surface area is 207 Å². The fraction of sp³-hybridized carbons (Fsp3) is 0.741. The van der Waals surface area contributed by atoms with Crippen molar-refractivity contribution in [1.29, 1.82) is 0 Å². The zero-order valence-electron chi connectivity index (χ0n) is 21.2. The molecule has 2 fully saturated rings. The van der Waals surface area contributed by atoms with E-state index in [0.29, 0.717) is 37.4 Å². The number of carbonyl (C=O) groups excluding carboxylic acids is 1. The number of carbonyl (C=O) groups is 1. The van der Waals surface area contributed by atoms with Crippen molar-refractivity contribution in [2.24, 2.45) is 11.8 Å². The van der Waals surface area contributed by atoms with Gasteiger partial charge in [0.1, 0.15) is 0 Å². The summed E-state index contributed by atoms with van der Waals surface area (Å²) in [4.78, 5) is 14.9. The van der Waals surface area contributed by atoms with Crippen LogP contribution in [0, 0.1) is 18.8 Å². The van der Waals surface area contributed by atoms with Crippen LogP contribution in [0.15, 0.2) is 24.3 Å². The van der Waals surface area contributed by atoms with Crippen molar-refractivity contribution in [1.82, 2.24) is 15.5 Å². The van der Waals surface area contributed by atoms with Gasteiger partial charge in [0, 0.05) is 38.0 Å². The van der Waals surface area contributed by atoms with Crippen LogP contribution in [0.25, 0.3) is 0 Å². The lowest BCUT2D eigenvalue weighted by molar-refractivity contribution is -0.155. The highest BCUT2D eigenvalue weighted by molar-refractivity contribution is 5.74. The number of likely N-dealkylation sites (tertiary alicyclic amines) is 1. The molecule has 0 bridgehead atoms. The van der Waals surface area contributed by atoms with Gasteiger partial charge in [-0.1, -0.05) is 61.9 Å². The van der Waals surface area contributed by atoms with Crippen LogP contribution in [0.4, 0.5) is 18.0 Å². The number of alkyl halides is 3. The van der Waals surface area contributed by atoms with Crippen LogP contribution in [-0.4, -0.2) is 54.9 Å². The van der Waals surface area contributed by atoms with Crippen LogP contribution in [-0.2, 0) is 5.60 Å². The van der Waals surface area contributed by atoms with Crippen molar-refractivity contribution >= 4 is 6.03 Å². The van der Waals surface area contributed by atoms with Crippen molar-refractivity contribution in [3.63, 3.8) is 0 Å². The molecule has 3 rings (SSSR count). The van der Waals surface area contributed by atoms with Gasteiger partial charge in [0.25, 0.3) is 0 Å². The Bertz CT molecular complexity index is 813. The molecule has 1 aliphatic carbocycles. The summed E-state index contributed by atoms with van der Waals surface area (Å²) in [5, 5.41) is 18.1. The molecule has 2 amide bonds. The van der Waals surface area contributed by atoms with E-state index >= 15 is 0 Å². The van der Waals surface area contributed by atoms with Gasteiger partial charge in [0.05, 0.1) is 5.60 Å². The van der Waals surface area contributed by atoms with E-state index in [1.165, 1.54) is 32.1 Å². The number of rotatable bonds is 9. The second kappa shape index (κ2) is 12.4. The van der Waals surface area contributed by atoms with Crippen molar-refractivity contribution < 1.29 is 23.1 Å². The predicted molar refractivity (Wildman–Crippen MR) is 132 cm³/mol. The smallest absolute Gasteiger partial charge is 0.385 e. The fourth-order valence-electron chi connectivity index (χ4n) is 5.91. The molecule has 0 spiro atoms. The molecule has 1 aliphatic heterocycles. The van der Waals surface area contributed by atoms with E-state index in [4.69, 9.17) is 0 Å². The molecule has 1 saturated carbocycles. The monoisotopic (exact) mass is 497 g/mol. The van der Waals surface area contributed by atoms with Crippen LogP contribution in [0.1, 0.15) is 75.3 Å². The van der Waals surface area contributed by atoms with E-state index in [9.17, 15) is 23.1 Å². The van der Waals surface area contributed by atoms with Gasteiger partial charge in [0.2, 0.25) is 0 Å². The van der Waals surface area contributed by atoms with Crippen LogP contribution in [0.2, 0.25) is 0 Å². The van der Waals surface area contributed by atoms with E-state index in [-0.39, 0.29) is 18.6 Å². The van der Waals surface area contributed by atoms with Gasteiger partial charge in [-0.15, -0.1) is 0 Å². The summed E-state index contributed by atoms with van der Waals surface area (Å²) in [7, 11) is 1.87. The number of aryl methyl sites for hydroxylation is 1. The minimum atomic E-state index is -4.36. The molecular weight excluding hydrogens is 455 g/mol. The van der Waals surface area contributed by atoms with Crippen molar-refractivity contribution in [2.75, 3.05) is 26.7 Å². The highest BCUT2D eigenvalue weighted by Gasteiger charge is 2.44. The Kier molecular flexibility index (Phi) is 9.87. The quantitative estimate of drug-likeness (QED) is 0.422. The lowest BCUT2D eigenvalue weighted by Crippen LogP contribution is -2.54. The molecule has 1 aromatic rings. The molecule has 1 heterocycles. The minimum absolute atomic E-state index is 0.0110. The Hall–Kier alpha value is -1.80. The molecule has 35 heavy (non-hydrogen) atoms. The van der Waals surface area contributed by atoms with Gasteiger partial charge < -0.3 is 20.6 Å². The molecule has 3 N–H and O–H groups in total. The van der Waals surface area contributed by atoms with Crippen LogP contribution in [0.5, 0.6) is 0 Å². The number of nitrogens with one attached hydrogen (secondary N) is 2. The molecule has 3 atom stereocenters. The number of amides is 2. The summed E-state index contributed by atoms with van der Waals surface area (Å²) in [5.74, 6) is 0.150. The van der Waals surface area contributed by atoms with Crippen molar-refractivity contribution in [3.8, 4) is 0 Å². The number of hydrogen-bond donors (Lipinski definition) is 3. The summed E-state index contributed by atoms with van der Waals surface area (Å²) >= 11 is 0. The molecule has 2 aliphatic rings. The molecule has 0 aromatic heterocycles. The number of halogens is 3. The minimum Gasteiger partial charge on any atom is -0.385 e. The van der Waals surface area contributed by atoms with Crippen molar-refractivity contribution in [2.45, 2.75) is 89.0 Å². The third kappa shape index (κ3) is 8.10.